The number of rotatable bonds is 10. The van der Waals surface area contributed by atoms with Crippen molar-refractivity contribution in [3.8, 4) is 17.6 Å². The van der Waals surface area contributed by atoms with Gasteiger partial charge < -0.3 is 14.8 Å². The van der Waals surface area contributed by atoms with E-state index in [0.717, 1.165) is 5.56 Å². The molecule has 2 N–H and O–H groups in total. The smallest absolute Gasteiger partial charge is 0.262 e. The molecule has 190 valence electrons. The Morgan fingerprint density at radius 1 is 1.08 bits per heavy atom. The minimum Gasteiger partial charge on any atom is -0.493 e. The van der Waals surface area contributed by atoms with E-state index < -0.39 is 11.9 Å². The fourth-order valence-electron chi connectivity index (χ4n) is 3.40. The van der Waals surface area contributed by atoms with Gasteiger partial charge in [-0.3, -0.25) is 9.59 Å². The molecule has 3 rings (SSSR count). The summed E-state index contributed by atoms with van der Waals surface area (Å²) in [5.74, 6) is -0.0285. The fraction of sp³-hybridized carbons (Fsp3) is 0.214. The van der Waals surface area contributed by atoms with E-state index in [4.69, 9.17) is 21.1 Å². The largest absolute Gasteiger partial charge is 0.493 e. The molecule has 0 aliphatic rings. The van der Waals surface area contributed by atoms with E-state index in [-0.39, 0.29) is 18.4 Å². The van der Waals surface area contributed by atoms with Gasteiger partial charge in [0.2, 0.25) is 0 Å². The van der Waals surface area contributed by atoms with E-state index >= 15 is 0 Å². The molecule has 2 amide bonds. The molecule has 0 heterocycles. The molecule has 0 radical (unpaired) electrons. The maximum Gasteiger partial charge on any atom is 0.262 e. The SMILES string of the molecule is COc1cc(C=NNC(=O)C(NC(=O)c2ccc(Cl)cc2)C(C)C)ccc1OCc1ccccc1C#N. The maximum absolute atomic E-state index is 12.7. The molecule has 1 unspecified atom stereocenters. The first-order valence-electron chi connectivity index (χ1n) is 11.5. The van der Waals surface area contributed by atoms with E-state index in [0.29, 0.717) is 33.2 Å². The van der Waals surface area contributed by atoms with Crippen molar-refractivity contribution in [3.63, 3.8) is 0 Å². The number of nitriles is 1. The fourth-order valence-corrected chi connectivity index (χ4v) is 3.52. The van der Waals surface area contributed by atoms with Crippen molar-refractivity contribution in [3.05, 3.63) is 94.0 Å². The van der Waals surface area contributed by atoms with Gasteiger partial charge in [-0.1, -0.05) is 43.6 Å². The third-order valence-corrected chi connectivity index (χ3v) is 5.69. The van der Waals surface area contributed by atoms with Gasteiger partial charge >= 0.3 is 0 Å². The molecule has 0 aliphatic carbocycles. The zero-order chi connectivity index (χ0) is 26.8. The molecule has 3 aromatic rings. The van der Waals surface area contributed by atoms with Crippen molar-refractivity contribution in [2.24, 2.45) is 11.0 Å². The lowest BCUT2D eigenvalue weighted by Crippen LogP contribution is -2.48. The summed E-state index contributed by atoms with van der Waals surface area (Å²) in [7, 11) is 1.52. The van der Waals surface area contributed by atoms with Crippen molar-refractivity contribution < 1.29 is 19.1 Å². The Kier molecular flexibility index (Phi) is 9.64. The van der Waals surface area contributed by atoms with Gasteiger partial charge in [0, 0.05) is 16.1 Å². The second-order valence-corrected chi connectivity index (χ2v) is 8.84. The van der Waals surface area contributed by atoms with Gasteiger partial charge in [0.05, 0.1) is 25.0 Å². The van der Waals surface area contributed by atoms with Gasteiger partial charge in [0.25, 0.3) is 11.8 Å². The van der Waals surface area contributed by atoms with Crippen LogP contribution in [0, 0.1) is 17.2 Å². The third-order valence-electron chi connectivity index (χ3n) is 5.44. The molecule has 3 aromatic carbocycles. The summed E-state index contributed by atoms with van der Waals surface area (Å²) in [5.41, 5.74) is 4.86. The number of ether oxygens (including phenoxy) is 2. The van der Waals surface area contributed by atoms with Gasteiger partial charge in [-0.15, -0.1) is 0 Å². The first-order valence-corrected chi connectivity index (χ1v) is 11.9. The molecule has 0 saturated carbocycles. The molecule has 0 aliphatic heterocycles. The standard InChI is InChI=1S/C28H27ClN4O4/c1-18(2)26(32-27(34)20-9-11-23(29)12-10-20)28(35)33-31-16-19-8-13-24(25(14-19)36-3)37-17-22-7-5-4-6-21(22)15-30/h4-14,16,18,26H,17H2,1-3H3,(H,32,34)(H,33,35). The van der Waals surface area contributed by atoms with Crippen LogP contribution in [0.3, 0.4) is 0 Å². The van der Waals surface area contributed by atoms with Crippen molar-refractivity contribution >= 4 is 29.6 Å². The van der Waals surface area contributed by atoms with Crippen molar-refractivity contribution in [1.82, 2.24) is 10.7 Å². The van der Waals surface area contributed by atoms with Crippen LogP contribution in [0.15, 0.2) is 71.8 Å². The van der Waals surface area contributed by atoms with Crippen LogP contribution in [0.25, 0.3) is 0 Å². The Hall–Kier alpha value is -4.35. The zero-order valence-corrected chi connectivity index (χ0v) is 21.5. The Labute approximate surface area is 220 Å². The number of amides is 2. The van der Waals surface area contributed by atoms with Gasteiger partial charge in [0.15, 0.2) is 11.5 Å². The summed E-state index contributed by atoms with van der Waals surface area (Å²) >= 11 is 5.87. The molecule has 0 spiro atoms. The van der Waals surface area contributed by atoms with E-state index in [1.54, 1.807) is 54.6 Å². The number of halogens is 1. The second-order valence-electron chi connectivity index (χ2n) is 8.40. The second kappa shape index (κ2) is 13.1. The number of hydrogen-bond donors (Lipinski definition) is 2. The lowest BCUT2D eigenvalue weighted by molar-refractivity contribution is -0.123. The third kappa shape index (κ3) is 7.56. The molecular weight excluding hydrogens is 492 g/mol. The normalized spacial score (nSPS) is 11.6. The number of nitrogens with one attached hydrogen (secondary N) is 2. The number of hydrogen-bond acceptors (Lipinski definition) is 6. The number of nitrogens with zero attached hydrogens (tertiary/aromatic N) is 2. The Morgan fingerprint density at radius 3 is 2.49 bits per heavy atom. The lowest BCUT2D eigenvalue weighted by atomic mass is 10.0. The number of methoxy groups -OCH3 is 1. The lowest BCUT2D eigenvalue weighted by Gasteiger charge is -2.20. The van der Waals surface area contributed by atoms with E-state index in [1.807, 2.05) is 26.0 Å². The summed E-state index contributed by atoms with van der Waals surface area (Å²) in [6, 6.07) is 20.2. The predicted molar refractivity (Wildman–Crippen MR) is 142 cm³/mol. The van der Waals surface area contributed by atoms with Gasteiger partial charge in [-0.05, 0) is 60.0 Å². The quantitative estimate of drug-likeness (QED) is 0.298. The van der Waals surface area contributed by atoms with Crippen LogP contribution in [0.4, 0.5) is 0 Å². The van der Waals surface area contributed by atoms with Crippen LogP contribution in [0.1, 0.15) is 40.9 Å². The van der Waals surface area contributed by atoms with E-state index in [9.17, 15) is 14.9 Å². The highest BCUT2D eigenvalue weighted by atomic mass is 35.5. The van der Waals surface area contributed by atoms with Crippen LogP contribution >= 0.6 is 11.6 Å². The molecule has 0 aromatic heterocycles. The molecule has 0 bridgehead atoms. The summed E-state index contributed by atoms with van der Waals surface area (Å²) in [5, 5.41) is 16.5. The minimum atomic E-state index is -0.790. The van der Waals surface area contributed by atoms with Crippen LogP contribution in [0.5, 0.6) is 11.5 Å². The first-order chi connectivity index (χ1) is 17.8. The molecular formula is C28H27ClN4O4. The summed E-state index contributed by atoms with van der Waals surface area (Å²) in [6.45, 7) is 3.87. The van der Waals surface area contributed by atoms with Crippen LogP contribution in [-0.4, -0.2) is 31.2 Å². The number of benzene rings is 3. The molecule has 1 atom stereocenters. The van der Waals surface area contributed by atoms with E-state index in [1.165, 1.54) is 13.3 Å². The average molecular weight is 519 g/mol. The number of carbonyl (C=O) groups is 2. The summed E-state index contributed by atoms with van der Waals surface area (Å²) < 4.78 is 11.3. The highest BCUT2D eigenvalue weighted by Gasteiger charge is 2.24. The first kappa shape index (κ1) is 27.2. The predicted octanol–water partition coefficient (Wildman–Crippen LogP) is 4.70. The molecule has 37 heavy (non-hydrogen) atoms. The molecule has 0 saturated heterocycles. The van der Waals surface area contributed by atoms with Gasteiger partial charge in [0.1, 0.15) is 12.6 Å². The summed E-state index contributed by atoms with van der Waals surface area (Å²) in [6.07, 6.45) is 1.47. The Bertz CT molecular complexity index is 1320. The summed E-state index contributed by atoms with van der Waals surface area (Å²) in [4.78, 5) is 25.3. The zero-order valence-electron chi connectivity index (χ0n) is 20.7. The van der Waals surface area contributed by atoms with Gasteiger partial charge in [-0.2, -0.15) is 10.4 Å². The van der Waals surface area contributed by atoms with Crippen molar-refractivity contribution in [2.75, 3.05) is 7.11 Å². The van der Waals surface area contributed by atoms with Crippen molar-refractivity contribution in [2.45, 2.75) is 26.5 Å². The average Bonchev–Trinajstić information content (AvgIpc) is 2.90. The topological polar surface area (TPSA) is 113 Å². The van der Waals surface area contributed by atoms with Crippen LogP contribution < -0.4 is 20.2 Å². The highest BCUT2D eigenvalue weighted by molar-refractivity contribution is 6.30. The monoisotopic (exact) mass is 518 g/mol. The van der Waals surface area contributed by atoms with Gasteiger partial charge in [-0.25, -0.2) is 5.43 Å². The van der Waals surface area contributed by atoms with E-state index in [2.05, 4.69) is 21.9 Å². The molecule has 8 nitrogen and oxygen atoms in total. The maximum atomic E-state index is 12.7. The molecule has 0 fully saturated rings. The number of hydrazone groups is 1. The van der Waals surface area contributed by atoms with Crippen LogP contribution in [0.2, 0.25) is 5.02 Å². The highest BCUT2D eigenvalue weighted by Crippen LogP contribution is 2.28. The minimum absolute atomic E-state index is 0.172. The van der Waals surface area contributed by atoms with Crippen LogP contribution in [-0.2, 0) is 11.4 Å². The Morgan fingerprint density at radius 2 is 1.81 bits per heavy atom. The molecule has 9 heteroatoms. The number of carbonyl (C=O) groups excluding carboxylic acids is 2. The Balaban J connectivity index is 1.62. The van der Waals surface area contributed by atoms with Crippen molar-refractivity contribution in [1.29, 1.82) is 5.26 Å².